The fourth-order valence-electron chi connectivity index (χ4n) is 1.82. The number of para-hydroxylation sites is 1. The zero-order chi connectivity index (χ0) is 14.4. The Kier molecular flexibility index (Phi) is 4.73. The van der Waals surface area contributed by atoms with Crippen LogP contribution in [-0.4, -0.2) is 22.5 Å². The summed E-state index contributed by atoms with van der Waals surface area (Å²) in [4.78, 5) is 18.9. The first kappa shape index (κ1) is 14.1. The van der Waals surface area contributed by atoms with Crippen LogP contribution in [0.1, 0.15) is 24.4 Å². The topological polar surface area (TPSA) is 93.0 Å². The molecule has 1 atom stereocenters. The van der Waals surface area contributed by atoms with Crippen LogP contribution >= 0.6 is 0 Å². The van der Waals surface area contributed by atoms with Crippen molar-refractivity contribution in [3.05, 3.63) is 48.0 Å². The van der Waals surface area contributed by atoms with E-state index in [1.54, 1.807) is 18.5 Å². The van der Waals surface area contributed by atoms with E-state index in [0.29, 0.717) is 18.1 Å². The van der Waals surface area contributed by atoms with Crippen molar-refractivity contribution in [2.24, 2.45) is 5.73 Å². The molecule has 106 valence electrons. The predicted octanol–water partition coefficient (Wildman–Crippen LogP) is 1.12. The molecule has 1 heterocycles. The van der Waals surface area contributed by atoms with Gasteiger partial charge in [0.1, 0.15) is 11.6 Å². The molecule has 1 amide bonds. The molecule has 0 radical (unpaired) electrons. The van der Waals surface area contributed by atoms with Gasteiger partial charge in [0.05, 0.1) is 6.04 Å². The van der Waals surface area contributed by atoms with Gasteiger partial charge in [-0.3, -0.25) is 4.79 Å². The number of nitrogens with one attached hydrogen (secondary N) is 2. The van der Waals surface area contributed by atoms with Gasteiger partial charge in [-0.1, -0.05) is 18.2 Å². The molecule has 6 heteroatoms. The molecule has 0 saturated carbocycles. The lowest BCUT2D eigenvalue weighted by atomic mass is 10.2. The van der Waals surface area contributed by atoms with Crippen molar-refractivity contribution in [1.29, 1.82) is 0 Å². The van der Waals surface area contributed by atoms with Crippen molar-refractivity contribution in [3.8, 4) is 5.75 Å². The molecule has 2 aromatic rings. The standard InChI is InChI=1S/C14H18N4O2/c1-10(14-16-6-7-17-14)18-13(19)9-20-12-5-3-2-4-11(12)8-15/h2-7,10H,8-9,15H2,1H3,(H,16,17)(H,18,19). The number of carbonyl (C=O) groups is 1. The number of aromatic amines is 1. The summed E-state index contributed by atoms with van der Waals surface area (Å²) in [5.74, 6) is 1.14. The number of nitrogens with zero attached hydrogens (tertiary/aromatic N) is 1. The Bertz CT molecular complexity index is 554. The number of rotatable bonds is 6. The van der Waals surface area contributed by atoms with Crippen molar-refractivity contribution in [3.63, 3.8) is 0 Å². The Labute approximate surface area is 117 Å². The van der Waals surface area contributed by atoms with Crippen LogP contribution in [0.15, 0.2) is 36.7 Å². The second-order valence-electron chi connectivity index (χ2n) is 4.36. The van der Waals surface area contributed by atoms with Gasteiger partial charge in [0, 0.05) is 24.5 Å². The number of amides is 1. The second-order valence-corrected chi connectivity index (χ2v) is 4.36. The molecular weight excluding hydrogens is 256 g/mol. The van der Waals surface area contributed by atoms with Crippen molar-refractivity contribution in [1.82, 2.24) is 15.3 Å². The summed E-state index contributed by atoms with van der Waals surface area (Å²) in [5, 5.41) is 2.80. The minimum Gasteiger partial charge on any atom is -0.483 e. The molecule has 6 nitrogen and oxygen atoms in total. The van der Waals surface area contributed by atoms with Crippen molar-refractivity contribution < 1.29 is 9.53 Å². The fourth-order valence-corrected chi connectivity index (χ4v) is 1.82. The van der Waals surface area contributed by atoms with E-state index in [2.05, 4.69) is 15.3 Å². The maximum atomic E-state index is 11.8. The molecule has 0 aliphatic rings. The molecule has 0 bridgehead atoms. The summed E-state index contributed by atoms with van der Waals surface area (Å²) < 4.78 is 5.49. The summed E-state index contributed by atoms with van der Waals surface area (Å²) in [7, 11) is 0. The van der Waals surface area contributed by atoms with Crippen LogP contribution in [0, 0.1) is 0 Å². The molecular formula is C14H18N4O2. The molecule has 20 heavy (non-hydrogen) atoms. The third-order valence-corrected chi connectivity index (χ3v) is 2.86. The number of benzene rings is 1. The van der Waals surface area contributed by atoms with Gasteiger partial charge < -0.3 is 20.8 Å². The first-order valence-electron chi connectivity index (χ1n) is 6.40. The van der Waals surface area contributed by atoms with E-state index in [4.69, 9.17) is 10.5 Å². The van der Waals surface area contributed by atoms with E-state index < -0.39 is 0 Å². The normalized spacial score (nSPS) is 11.9. The van der Waals surface area contributed by atoms with Crippen LogP contribution in [0.5, 0.6) is 5.75 Å². The number of hydrogen-bond acceptors (Lipinski definition) is 4. The molecule has 0 fully saturated rings. The van der Waals surface area contributed by atoms with Gasteiger partial charge in [-0.2, -0.15) is 0 Å². The highest BCUT2D eigenvalue weighted by molar-refractivity contribution is 5.77. The predicted molar refractivity (Wildman–Crippen MR) is 75.0 cm³/mol. The third-order valence-electron chi connectivity index (χ3n) is 2.86. The maximum Gasteiger partial charge on any atom is 0.258 e. The molecule has 0 spiro atoms. The van der Waals surface area contributed by atoms with Gasteiger partial charge in [0.15, 0.2) is 6.61 Å². The summed E-state index contributed by atoms with van der Waals surface area (Å²) in [5.41, 5.74) is 6.48. The lowest BCUT2D eigenvalue weighted by Crippen LogP contribution is -2.31. The van der Waals surface area contributed by atoms with Crippen molar-refractivity contribution >= 4 is 5.91 Å². The van der Waals surface area contributed by atoms with E-state index in [-0.39, 0.29) is 18.6 Å². The van der Waals surface area contributed by atoms with Crippen molar-refractivity contribution in [2.45, 2.75) is 19.5 Å². The molecule has 2 rings (SSSR count). The maximum absolute atomic E-state index is 11.8. The highest BCUT2D eigenvalue weighted by Crippen LogP contribution is 2.16. The largest absolute Gasteiger partial charge is 0.483 e. The van der Waals surface area contributed by atoms with Crippen molar-refractivity contribution in [2.75, 3.05) is 6.61 Å². The zero-order valence-corrected chi connectivity index (χ0v) is 11.3. The Balaban J connectivity index is 1.86. The zero-order valence-electron chi connectivity index (χ0n) is 11.3. The number of hydrogen-bond donors (Lipinski definition) is 3. The monoisotopic (exact) mass is 274 g/mol. The quantitative estimate of drug-likeness (QED) is 0.736. The molecule has 0 saturated heterocycles. The number of H-pyrrole nitrogens is 1. The van der Waals surface area contributed by atoms with E-state index in [1.807, 2.05) is 25.1 Å². The molecule has 1 aromatic heterocycles. The highest BCUT2D eigenvalue weighted by atomic mass is 16.5. The fraction of sp³-hybridized carbons (Fsp3) is 0.286. The number of ether oxygens (including phenoxy) is 1. The van der Waals surface area contributed by atoms with Crippen LogP contribution in [0.25, 0.3) is 0 Å². The van der Waals surface area contributed by atoms with Gasteiger partial charge in [-0.05, 0) is 13.0 Å². The van der Waals surface area contributed by atoms with E-state index >= 15 is 0 Å². The summed E-state index contributed by atoms with van der Waals surface area (Å²) in [6.07, 6.45) is 3.36. The molecule has 0 aliphatic heterocycles. The first-order valence-corrected chi connectivity index (χ1v) is 6.40. The van der Waals surface area contributed by atoms with Crippen LogP contribution in [0.3, 0.4) is 0 Å². The molecule has 1 aromatic carbocycles. The summed E-state index contributed by atoms with van der Waals surface area (Å²) in [6.45, 7) is 2.17. The lowest BCUT2D eigenvalue weighted by molar-refractivity contribution is -0.123. The van der Waals surface area contributed by atoms with E-state index in [1.165, 1.54) is 0 Å². The SMILES string of the molecule is CC(NC(=O)COc1ccccc1CN)c1ncc[nH]1. The van der Waals surface area contributed by atoms with E-state index in [9.17, 15) is 4.79 Å². The number of carbonyl (C=O) groups excluding carboxylic acids is 1. The van der Waals surface area contributed by atoms with Crippen LogP contribution in [0.4, 0.5) is 0 Å². The third kappa shape index (κ3) is 3.58. The highest BCUT2D eigenvalue weighted by Gasteiger charge is 2.12. The smallest absolute Gasteiger partial charge is 0.258 e. The van der Waals surface area contributed by atoms with Crippen LogP contribution in [0.2, 0.25) is 0 Å². The number of nitrogens with two attached hydrogens (primary N) is 1. The van der Waals surface area contributed by atoms with Crippen LogP contribution < -0.4 is 15.8 Å². The van der Waals surface area contributed by atoms with Gasteiger partial charge in [-0.15, -0.1) is 0 Å². The number of aromatic nitrogens is 2. The minimum atomic E-state index is -0.208. The average molecular weight is 274 g/mol. The Morgan fingerprint density at radius 3 is 3.00 bits per heavy atom. The summed E-state index contributed by atoms with van der Waals surface area (Å²) in [6, 6.07) is 7.21. The van der Waals surface area contributed by atoms with Crippen LogP contribution in [-0.2, 0) is 11.3 Å². The van der Waals surface area contributed by atoms with Gasteiger partial charge in [0.25, 0.3) is 5.91 Å². The van der Waals surface area contributed by atoms with Gasteiger partial charge in [0.2, 0.25) is 0 Å². The average Bonchev–Trinajstić information content (AvgIpc) is 2.99. The first-order chi connectivity index (χ1) is 9.70. The Morgan fingerprint density at radius 2 is 2.30 bits per heavy atom. The van der Waals surface area contributed by atoms with Gasteiger partial charge >= 0.3 is 0 Å². The molecule has 0 aliphatic carbocycles. The second kappa shape index (κ2) is 6.72. The molecule has 1 unspecified atom stereocenters. The minimum absolute atomic E-state index is 0.0535. The lowest BCUT2D eigenvalue weighted by Gasteiger charge is -2.13. The molecule has 4 N–H and O–H groups in total. The Morgan fingerprint density at radius 1 is 1.50 bits per heavy atom. The Hall–Kier alpha value is -2.34. The number of imidazole rings is 1. The van der Waals surface area contributed by atoms with E-state index in [0.717, 1.165) is 5.56 Å². The summed E-state index contributed by atoms with van der Waals surface area (Å²) >= 11 is 0. The van der Waals surface area contributed by atoms with Gasteiger partial charge in [-0.25, -0.2) is 4.98 Å².